The van der Waals surface area contributed by atoms with Crippen LogP contribution in [-0.4, -0.2) is 61.6 Å². The highest BCUT2D eigenvalue weighted by molar-refractivity contribution is 8.23. The third-order valence-corrected chi connectivity index (χ3v) is 4.77. The Hall–Kier alpha value is -0.870. The Bertz CT molecular complexity index is 466. The van der Waals surface area contributed by atoms with Crippen molar-refractivity contribution in [3.8, 4) is 0 Å². The van der Waals surface area contributed by atoms with Crippen LogP contribution in [0.2, 0.25) is 0 Å². The standard InChI is InChI=1S/C14H26N2O5S3/c1-14(2,3)21-12(19)16-10(11(17)18)9-23-13(22)15-7-5-6-8-24(4)20/h10H,5-9H2,1-4H3,(H,15,22)(H,16,19)(H,17,18). The van der Waals surface area contributed by atoms with Gasteiger partial charge >= 0.3 is 12.1 Å². The largest absolute Gasteiger partial charge is 0.480 e. The third kappa shape index (κ3) is 13.6. The summed E-state index contributed by atoms with van der Waals surface area (Å²) in [5.74, 6) is -0.399. The number of hydrogen-bond donors (Lipinski definition) is 3. The summed E-state index contributed by atoms with van der Waals surface area (Å²) in [5.41, 5.74) is -0.695. The van der Waals surface area contributed by atoms with Gasteiger partial charge in [-0.2, -0.15) is 0 Å². The van der Waals surface area contributed by atoms with Crippen molar-refractivity contribution in [2.24, 2.45) is 0 Å². The molecule has 3 N–H and O–H groups in total. The van der Waals surface area contributed by atoms with Crippen molar-refractivity contribution in [2.75, 3.05) is 24.3 Å². The molecule has 2 atom stereocenters. The third-order valence-electron chi connectivity index (χ3n) is 2.50. The van der Waals surface area contributed by atoms with Crippen LogP contribution in [0.15, 0.2) is 0 Å². The normalized spacial score (nSPS) is 13.7. The maximum atomic E-state index is 11.6. The number of alkyl carbamates (subject to hydrolysis) is 1. The zero-order chi connectivity index (χ0) is 18.8. The Morgan fingerprint density at radius 3 is 2.46 bits per heavy atom. The minimum atomic E-state index is -1.15. The first-order valence-electron chi connectivity index (χ1n) is 7.44. The summed E-state index contributed by atoms with van der Waals surface area (Å²) in [7, 11) is -0.791. The molecular formula is C14H26N2O5S3. The molecule has 2 unspecified atom stereocenters. The van der Waals surface area contributed by atoms with E-state index in [9.17, 15) is 13.8 Å². The highest BCUT2D eigenvalue weighted by Crippen LogP contribution is 2.09. The van der Waals surface area contributed by atoms with Crippen LogP contribution in [0.1, 0.15) is 33.6 Å². The molecule has 24 heavy (non-hydrogen) atoms. The Morgan fingerprint density at radius 1 is 1.33 bits per heavy atom. The summed E-state index contributed by atoms with van der Waals surface area (Å²) >= 11 is 6.26. The first kappa shape index (κ1) is 23.1. The number of carbonyl (C=O) groups excluding carboxylic acids is 1. The van der Waals surface area contributed by atoms with Gasteiger partial charge in [0.05, 0.1) is 0 Å². The van der Waals surface area contributed by atoms with Crippen LogP contribution < -0.4 is 10.6 Å². The van der Waals surface area contributed by atoms with Crippen molar-refractivity contribution >= 4 is 51.2 Å². The highest BCUT2D eigenvalue weighted by Gasteiger charge is 2.24. The van der Waals surface area contributed by atoms with Gasteiger partial charge < -0.3 is 20.5 Å². The van der Waals surface area contributed by atoms with Gasteiger partial charge in [-0.15, -0.1) is 0 Å². The van der Waals surface area contributed by atoms with Crippen molar-refractivity contribution in [2.45, 2.75) is 45.3 Å². The van der Waals surface area contributed by atoms with Gasteiger partial charge in [0.25, 0.3) is 0 Å². The van der Waals surface area contributed by atoms with Crippen molar-refractivity contribution in [3.05, 3.63) is 0 Å². The van der Waals surface area contributed by atoms with E-state index >= 15 is 0 Å². The van der Waals surface area contributed by atoms with Gasteiger partial charge in [0.15, 0.2) is 0 Å². The number of nitrogens with one attached hydrogen (secondary N) is 2. The van der Waals surface area contributed by atoms with Crippen LogP contribution in [0.25, 0.3) is 0 Å². The van der Waals surface area contributed by atoms with E-state index in [1.165, 1.54) is 0 Å². The fourth-order valence-corrected chi connectivity index (χ4v) is 3.12. The Morgan fingerprint density at radius 2 is 1.96 bits per heavy atom. The minimum absolute atomic E-state index is 0.0966. The molecule has 140 valence electrons. The summed E-state index contributed by atoms with van der Waals surface area (Å²) < 4.78 is 16.4. The number of thiocarbonyl (C=S) groups is 1. The number of unbranched alkanes of at least 4 members (excludes halogenated alkanes) is 1. The molecule has 0 aliphatic heterocycles. The molecular weight excluding hydrogens is 372 g/mol. The van der Waals surface area contributed by atoms with Crippen LogP contribution in [0.3, 0.4) is 0 Å². The van der Waals surface area contributed by atoms with E-state index in [1.807, 2.05) is 0 Å². The Kier molecular flexibility index (Phi) is 11.2. The number of carboxylic acids is 1. The lowest BCUT2D eigenvalue weighted by atomic mass is 10.2. The second-order valence-electron chi connectivity index (χ2n) is 6.05. The van der Waals surface area contributed by atoms with Crippen molar-refractivity contribution < 1.29 is 23.6 Å². The number of carboxylic acid groups (broad SMARTS) is 1. The lowest BCUT2D eigenvalue weighted by molar-refractivity contribution is -0.138. The van der Waals surface area contributed by atoms with Crippen LogP contribution in [0.4, 0.5) is 4.79 Å². The summed E-state index contributed by atoms with van der Waals surface area (Å²) in [6.45, 7) is 5.74. The number of ether oxygens (including phenoxy) is 1. The van der Waals surface area contributed by atoms with E-state index in [1.54, 1.807) is 27.0 Å². The highest BCUT2D eigenvalue weighted by atomic mass is 32.2. The SMILES string of the molecule is CS(=O)CCCCNC(=S)SCC(NC(=O)OC(C)(C)C)C(=O)O. The maximum absolute atomic E-state index is 11.6. The number of amides is 1. The van der Waals surface area contributed by atoms with Crippen LogP contribution in [-0.2, 0) is 20.3 Å². The fourth-order valence-electron chi connectivity index (χ4n) is 1.46. The van der Waals surface area contributed by atoms with E-state index in [2.05, 4.69) is 10.6 Å². The van der Waals surface area contributed by atoms with E-state index < -0.39 is 34.5 Å². The molecule has 0 aromatic carbocycles. The number of aliphatic carboxylic acids is 1. The molecule has 0 saturated carbocycles. The van der Waals surface area contributed by atoms with Gasteiger partial charge in [-0.25, -0.2) is 9.59 Å². The molecule has 0 aromatic rings. The topological polar surface area (TPSA) is 105 Å². The van der Waals surface area contributed by atoms with E-state index in [4.69, 9.17) is 22.1 Å². The van der Waals surface area contributed by atoms with Gasteiger partial charge in [-0.3, -0.25) is 4.21 Å². The summed E-state index contributed by atoms with van der Waals surface area (Å²) in [6.07, 6.45) is 2.56. The van der Waals surface area contributed by atoms with Gasteiger partial charge in [-0.1, -0.05) is 24.0 Å². The molecule has 0 heterocycles. The molecule has 7 nitrogen and oxygen atoms in total. The predicted octanol–water partition coefficient (Wildman–Crippen LogP) is 1.73. The number of thioether (sulfide) groups is 1. The lowest BCUT2D eigenvalue weighted by Crippen LogP contribution is -2.45. The molecule has 1 amide bonds. The van der Waals surface area contributed by atoms with Crippen molar-refractivity contribution in [1.82, 2.24) is 10.6 Å². The molecule has 0 radical (unpaired) electrons. The molecule has 0 aliphatic rings. The number of carbonyl (C=O) groups is 2. The first-order chi connectivity index (χ1) is 11.0. The quantitative estimate of drug-likeness (QED) is 0.398. The molecule has 0 spiro atoms. The van der Waals surface area contributed by atoms with Crippen LogP contribution >= 0.6 is 24.0 Å². The average Bonchev–Trinajstić information content (AvgIpc) is 2.40. The fraction of sp³-hybridized carbons (Fsp3) is 0.786. The summed E-state index contributed by atoms with van der Waals surface area (Å²) in [6, 6.07) is -1.09. The Labute approximate surface area is 155 Å². The van der Waals surface area contributed by atoms with Gasteiger partial charge in [0, 0.05) is 35.1 Å². The molecule has 0 aliphatic carbocycles. The van der Waals surface area contributed by atoms with Gasteiger partial charge in [-0.05, 0) is 33.6 Å². The van der Waals surface area contributed by atoms with E-state index in [0.29, 0.717) is 16.6 Å². The molecule has 0 aromatic heterocycles. The predicted molar refractivity (Wildman–Crippen MR) is 102 cm³/mol. The van der Waals surface area contributed by atoms with E-state index in [-0.39, 0.29) is 5.75 Å². The number of hydrogen-bond acceptors (Lipinski definition) is 6. The molecule has 0 bridgehead atoms. The molecule has 10 heteroatoms. The summed E-state index contributed by atoms with van der Waals surface area (Å²) in [4.78, 5) is 22.8. The van der Waals surface area contributed by atoms with Crippen LogP contribution in [0.5, 0.6) is 0 Å². The first-order valence-corrected chi connectivity index (χ1v) is 10.6. The lowest BCUT2D eigenvalue weighted by Gasteiger charge is -2.22. The second-order valence-corrected chi connectivity index (χ2v) is 9.30. The van der Waals surface area contributed by atoms with E-state index in [0.717, 1.165) is 24.6 Å². The zero-order valence-corrected chi connectivity index (χ0v) is 16.9. The monoisotopic (exact) mass is 398 g/mol. The Balaban J connectivity index is 4.12. The molecule has 0 saturated heterocycles. The zero-order valence-electron chi connectivity index (χ0n) is 14.4. The summed E-state index contributed by atoms with van der Waals surface area (Å²) in [5, 5.41) is 14.5. The maximum Gasteiger partial charge on any atom is 0.408 e. The smallest absolute Gasteiger partial charge is 0.408 e. The molecule has 0 rings (SSSR count). The average molecular weight is 399 g/mol. The number of rotatable bonds is 9. The molecule has 0 fully saturated rings. The van der Waals surface area contributed by atoms with Crippen molar-refractivity contribution in [1.29, 1.82) is 0 Å². The second kappa shape index (κ2) is 11.6. The van der Waals surface area contributed by atoms with Crippen LogP contribution in [0, 0.1) is 0 Å². The minimum Gasteiger partial charge on any atom is -0.480 e. The van der Waals surface area contributed by atoms with Gasteiger partial charge in [0.1, 0.15) is 16.0 Å². The van der Waals surface area contributed by atoms with Crippen molar-refractivity contribution in [3.63, 3.8) is 0 Å². The van der Waals surface area contributed by atoms with Gasteiger partial charge in [0.2, 0.25) is 0 Å².